The molecule has 3 atom stereocenters. The molecule has 32 heavy (non-hydrogen) atoms. The van der Waals surface area contributed by atoms with E-state index in [1.54, 1.807) is 30.3 Å². The summed E-state index contributed by atoms with van der Waals surface area (Å²) < 4.78 is 59.2. The van der Waals surface area contributed by atoms with Crippen molar-refractivity contribution in [1.29, 1.82) is 0 Å². The van der Waals surface area contributed by atoms with E-state index in [-0.39, 0.29) is 28.4 Å². The number of hydrogen-bond donors (Lipinski definition) is 0. The Hall–Kier alpha value is -2.27. The summed E-state index contributed by atoms with van der Waals surface area (Å²) in [7, 11) is -4.56. The second-order valence-electron chi connectivity index (χ2n) is 8.36. The molecule has 2 bridgehead atoms. The fourth-order valence-corrected chi connectivity index (χ4v) is 7.41. The molecule has 0 radical (unpaired) electrons. The van der Waals surface area contributed by atoms with Gasteiger partial charge in [0, 0.05) is 20.1 Å². The number of esters is 1. The van der Waals surface area contributed by atoms with E-state index in [2.05, 4.69) is 0 Å². The van der Waals surface area contributed by atoms with Gasteiger partial charge >= 0.3 is 5.97 Å². The highest BCUT2D eigenvalue weighted by Gasteiger charge is 2.55. The average Bonchev–Trinajstić information content (AvgIpc) is 3.40. The molecule has 2 aromatic rings. The van der Waals surface area contributed by atoms with Gasteiger partial charge < -0.3 is 4.74 Å². The van der Waals surface area contributed by atoms with Crippen LogP contribution in [0.3, 0.4) is 0 Å². The minimum Gasteiger partial charge on any atom is -0.460 e. The van der Waals surface area contributed by atoms with Gasteiger partial charge in [-0.25, -0.2) is 21.1 Å². The quantitative estimate of drug-likeness (QED) is 0.566. The first-order chi connectivity index (χ1) is 15.1. The number of piperidine rings is 1. The molecule has 2 fully saturated rings. The Morgan fingerprint density at radius 3 is 2.38 bits per heavy atom. The molecule has 3 unspecified atom stereocenters. The van der Waals surface area contributed by atoms with E-state index < -0.39 is 32.1 Å². The molecule has 4 rings (SSSR count). The zero-order valence-electron chi connectivity index (χ0n) is 17.9. The molecule has 1 saturated carbocycles. The van der Waals surface area contributed by atoms with Crippen molar-refractivity contribution in [3.8, 4) is 0 Å². The molecule has 8 nitrogen and oxygen atoms in total. The van der Waals surface area contributed by atoms with Crippen LogP contribution in [-0.4, -0.2) is 57.6 Å². The molecule has 0 amide bonds. The molecule has 2 aromatic carbocycles. The van der Waals surface area contributed by atoms with E-state index in [4.69, 9.17) is 4.74 Å². The van der Waals surface area contributed by atoms with Gasteiger partial charge in [0.2, 0.25) is 20.0 Å². The second kappa shape index (κ2) is 8.58. The van der Waals surface area contributed by atoms with Crippen molar-refractivity contribution in [1.82, 2.24) is 8.61 Å². The van der Waals surface area contributed by atoms with Gasteiger partial charge in [-0.2, -0.15) is 4.31 Å². The van der Waals surface area contributed by atoms with E-state index in [1.165, 1.54) is 42.7 Å². The molecule has 10 heteroatoms. The minimum absolute atomic E-state index is 0.0774. The van der Waals surface area contributed by atoms with Crippen LogP contribution in [0.2, 0.25) is 0 Å². The van der Waals surface area contributed by atoms with Gasteiger partial charge in [0.1, 0.15) is 12.6 Å². The van der Waals surface area contributed by atoms with E-state index in [1.807, 2.05) is 0 Å². The highest BCUT2D eigenvalue weighted by atomic mass is 32.2. The first-order valence-electron chi connectivity index (χ1n) is 10.4. The third-order valence-electron chi connectivity index (χ3n) is 6.14. The van der Waals surface area contributed by atoms with Crippen LogP contribution >= 0.6 is 0 Å². The molecule has 1 saturated heterocycles. The Morgan fingerprint density at radius 1 is 1.00 bits per heavy atom. The summed E-state index contributed by atoms with van der Waals surface area (Å²) in [5.74, 6) is -0.677. The average molecular weight is 479 g/mol. The van der Waals surface area contributed by atoms with E-state index in [9.17, 15) is 21.6 Å². The second-order valence-corrected chi connectivity index (χ2v) is 12.4. The summed E-state index contributed by atoms with van der Waals surface area (Å²) in [6, 6.07) is 13.2. The summed E-state index contributed by atoms with van der Waals surface area (Å²) in [4.78, 5) is 13.3. The third-order valence-corrected chi connectivity index (χ3v) is 9.90. The molecule has 0 N–H and O–H groups in total. The summed E-state index contributed by atoms with van der Waals surface area (Å²) in [5, 5.41) is 0. The first-order valence-corrected chi connectivity index (χ1v) is 13.3. The molecule has 0 aromatic heterocycles. The number of rotatable bonds is 7. The highest BCUT2D eigenvalue weighted by Crippen LogP contribution is 2.45. The predicted molar refractivity (Wildman–Crippen MR) is 117 cm³/mol. The number of carbonyl (C=O) groups is 1. The van der Waals surface area contributed by atoms with Crippen molar-refractivity contribution in [2.24, 2.45) is 5.92 Å². The molecular weight excluding hydrogens is 452 g/mol. The molecule has 0 spiro atoms. The van der Waals surface area contributed by atoms with Gasteiger partial charge in [-0.15, -0.1) is 0 Å². The summed E-state index contributed by atoms with van der Waals surface area (Å²) >= 11 is 0. The lowest BCUT2D eigenvalue weighted by molar-refractivity contribution is -0.151. The van der Waals surface area contributed by atoms with Crippen LogP contribution < -0.4 is 0 Å². The van der Waals surface area contributed by atoms with Crippen molar-refractivity contribution in [3.05, 3.63) is 60.2 Å². The summed E-state index contributed by atoms with van der Waals surface area (Å²) in [6.07, 6.45) is 2.15. The molecule has 172 valence electrons. The number of fused-ring (bicyclic) bond motifs is 2. The number of hydrogen-bond acceptors (Lipinski definition) is 6. The number of carbonyl (C=O) groups excluding carboxylic acids is 1. The van der Waals surface area contributed by atoms with Crippen molar-refractivity contribution >= 4 is 26.0 Å². The fraction of sp³-hybridized carbons (Fsp3) is 0.409. The molecule has 1 heterocycles. The lowest BCUT2D eigenvalue weighted by Crippen LogP contribution is -2.49. The fourth-order valence-electron chi connectivity index (χ4n) is 4.55. The highest BCUT2D eigenvalue weighted by molar-refractivity contribution is 7.89. The zero-order valence-corrected chi connectivity index (χ0v) is 19.6. The van der Waals surface area contributed by atoms with Crippen LogP contribution in [0, 0.1) is 5.92 Å². The van der Waals surface area contributed by atoms with Crippen molar-refractivity contribution in [2.45, 2.75) is 47.7 Å². The Balaban J connectivity index is 1.53. The monoisotopic (exact) mass is 478 g/mol. The predicted octanol–water partition coefficient (Wildman–Crippen LogP) is 2.22. The molecule has 2 aliphatic rings. The maximum atomic E-state index is 13.3. The summed E-state index contributed by atoms with van der Waals surface area (Å²) in [5.41, 5.74) is 0.516. The van der Waals surface area contributed by atoms with E-state index >= 15 is 0 Å². The van der Waals surface area contributed by atoms with Crippen molar-refractivity contribution < 1.29 is 26.4 Å². The number of ether oxygens (including phenoxy) is 1. The van der Waals surface area contributed by atoms with Crippen LogP contribution in [0.5, 0.6) is 0 Å². The zero-order chi connectivity index (χ0) is 23.1. The lowest BCUT2D eigenvalue weighted by Gasteiger charge is -2.32. The SMILES string of the molecule is CN(C)S(=O)(=O)c1cccc(COC(=O)C2C3CCC(C3)N2S(=O)(=O)c2ccccc2)c1. The van der Waals surface area contributed by atoms with E-state index in [0.29, 0.717) is 12.0 Å². The largest absolute Gasteiger partial charge is 0.460 e. The van der Waals surface area contributed by atoms with Crippen LogP contribution in [0.4, 0.5) is 0 Å². The van der Waals surface area contributed by atoms with Gasteiger partial charge in [0.25, 0.3) is 0 Å². The maximum Gasteiger partial charge on any atom is 0.325 e. The Bertz CT molecular complexity index is 1210. The van der Waals surface area contributed by atoms with Crippen molar-refractivity contribution in [2.75, 3.05) is 14.1 Å². The van der Waals surface area contributed by atoms with Crippen LogP contribution in [0.1, 0.15) is 24.8 Å². The Labute approximate surface area is 188 Å². The van der Waals surface area contributed by atoms with Crippen LogP contribution in [0.15, 0.2) is 64.4 Å². The standard InChI is InChI=1S/C22H26N2O6S2/c1-23(2)31(26,27)20-10-6-7-16(13-20)15-30-22(25)21-17-11-12-18(14-17)24(21)32(28,29)19-8-4-3-5-9-19/h3-10,13,17-18,21H,11-12,14-15H2,1-2H3. The molecular formula is C22H26N2O6S2. The van der Waals surface area contributed by atoms with Crippen LogP contribution in [-0.2, 0) is 36.2 Å². The summed E-state index contributed by atoms with van der Waals surface area (Å²) in [6.45, 7) is -0.136. The normalized spacial score (nSPS) is 23.5. The van der Waals surface area contributed by atoms with Gasteiger partial charge in [0.05, 0.1) is 9.79 Å². The molecule has 1 aliphatic carbocycles. The Morgan fingerprint density at radius 2 is 1.69 bits per heavy atom. The number of nitrogens with zero attached hydrogens (tertiary/aromatic N) is 2. The molecule has 1 aliphatic heterocycles. The first kappa shape index (κ1) is 22.9. The van der Waals surface area contributed by atoms with Gasteiger partial charge in [-0.3, -0.25) is 4.79 Å². The van der Waals surface area contributed by atoms with E-state index in [0.717, 1.165) is 17.1 Å². The maximum absolute atomic E-state index is 13.3. The lowest BCUT2D eigenvalue weighted by atomic mass is 10.0. The smallest absolute Gasteiger partial charge is 0.325 e. The van der Waals surface area contributed by atoms with Gasteiger partial charge in [0.15, 0.2) is 0 Å². The topological polar surface area (TPSA) is 101 Å². The van der Waals surface area contributed by atoms with Gasteiger partial charge in [-0.05, 0) is 55.0 Å². The number of sulfonamides is 2. The number of benzene rings is 2. The Kier molecular flexibility index (Phi) is 6.15. The minimum atomic E-state index is -3.83. The van der Waals surface area contributed by atoms with Crippen LogP contribution in [0.25, 0.3) is 0 Å². The van der Waals surface area contributed by atoms with Crippen molar-refractivity contribution in [3.63, 3.8) is 0 Å². The van der Waals surface area contributed by atoms with Gasteiger partial charge in [-0.1, -0.05) is 30.3 Å². The third kappa shape index (κ3) is 4.07.